The summed E-state index contributed by atoms with van der Waals surface area (Å²) in [6, 6.07) is 3.91. The minimum atomic E-state index is 0.301. The number of methoxy groups -OCH3 is 2. The first kappa shape index (κ1) is 12.8. The van der Waals surface area contributed by atoms with Crippen molar-refractivity contribution in [1.82, 2.24) is 4.98 Å². The summed E-state index contributed by atoms with van der Waals surface area (Å²) in [6.07, 6.45) is 0. The molecule has 3 N–H and O–H groups in total. The van der Waals surface area contributed by atoms with Crippen LogP contribution in [0.4, 0.5) is 0 Å². The number of aromatic amines is 1. The number of hydrogen-bond acceptors (Lipinski definition) is 3. The summed E-state index contributed by atoms with van der Waals surface area (Å²) in [5, 5.41) is 1.13. The second-order valence-electron chi connectivity index (χ2n) is 4.55. The molecule has 0 saturated heterocycles. The maximum atomic E-state index is 5.79. The number of H-pyrrole nitrogens is 1. The van der Waals surface area contributed by atoms with Gasteiger partial charge in [-0.3, -0.25) is 0 Å². The van der Waals surface area contributed by atoms with E-state index in [1.807, 2.05) is 12.1 Å². The Balaban J connectivity index is 2.75. The molecule has 18 heavy (non-hydrogen) atoms. The summed E-state index contributed by atoms with van der Waals surface area (Å²) in [4.78, 5) is 3.38. The topological polar surface area (TPSA) is 60.3 Å². The van der Waals surface area contributed by atoms with Gasteiger partial charge in [-0.1, -0.05) is 6.92 Å². The summed E-state index contributed by atoms with van der Waals surface area (Å²) in [7, 11) is 3.32. The number of ether oxygens (including phenoxy) is 2. The molecular formula is C14H20N2O2. The van der Waals surface area contributed by atoms with E-state index in [-0.39, 0.29) is 0 Å². The fourth-order valence-electron chi connectivity index (χ4n) is 2.42. The highest BCUT2D eigenvalue weighted by Crippen LogP contribution is 2.36. The van der Waals surface area contributed by atoms with Crippen molar-refractivity contribution >= 4 is 10.9 Å². The second kappa shape index (κ2) is 4.90. The molecule has 0 bridgehead atoms. The monoisotopic (exact) mass is 248 g/mol. The fraction of sp³-hybridized carbons (Fsp3) is 0.429. The molecule has 0 aliphatic carbocycles. The lowest BCUT2D eigenvalue weighted by Gasteiger charge is -2.10. The molecule has 1 aromatic heterocycles. The number of nitrogens with one attached hydrogen (secondary N) is 1. The summed E-state index contributed by atoms with van der Waals surface area (Å²) >= 11 is 0. The zero-order chi connectivity index (χ0) is 13.3. The number of rotatable bonds is 4. The normalized spacial score (nSPS) is 12.7. The predicted molar refractivity (Wildman–Crippen MR) is 73.6 cm³/mol. The van der Waals surface area contributed by atoms with Crippen molar-refractivity contribution in [2.45, 2.75) is 19.8 Å². The van der Waals surface area contributed by atoms with Crippen LogP contribution >= 0.6 is 0 Å². The second-order valence-corrected chi connectivity index (χ2v) is 4.55. The summed E-state index contributed by atoms with van der Waals surface area (Å²) in [6.45, 7) is 4.81. The van der Waals surface area contributed by atoms with E-state index in [9.17, 15) is 0 Å². The fourth-order valence-corrected chi connectivity index (χ4v) is 2.42. The number of aryl methyl sites for hydroxylation is 1. The summed E-state index contributed by atoms with van der Waals surface area (Å²) < 4.78 is 10.7. The first-order valence-electron chi connectivity index (χ1n) is 6.06. The Kier molecular flexibility index (Phi) is 3.48. The van der Waals surface area contributed by atoms with E-state index in [0.29, 0.717) is 12.5 Å². The average Bonchev–Trinajstić information content (AvgIpc) is 2.72. The van der Waals surface area contributed by atoms with Crippen LogP contribution in [0.15, 0.2) is 12.1 Å². The van der Waals surface area contributed by atoms with E-state index in [2.05, 4.69) is 18.8 Å². The van der Waals surface area contributed by atoms with E-state index in [1.54, 1.807) is 14.2 Å². The van der Waals surface area contributed by atoms with Gasteiger partial charge in [-0.2, -0.15) is 0 Å². The maximum absolute atomic E-state index is 5.79. The van der Waals surface area contributed by atoms with Crippen LogP contribution in [0.1, 0.15) is 24.1 Å². The Morgan fingerprint density at radius 3 is 2.56 bits per heavy atom. The van der Waals surface area contributed by atoms with Crippen molar-refractivity contribution in [2.75, 3.05) is 20.8 Å². The highest BCUT2D eigenvalue weighted by Gasteiger charge is 2.17. The Labute approximate surface area is 107 Å². The number of fused-ring (bicyclic) bond motifs is 1. The zero-order valence-corrected chi connectivity index (χ0v) is 11.3. The molecular weight excluding hydrogens is 228 g/mol. The third kappa shape index (κ3) is 1.93. The van der Waals surface area contributed by atoms with Gasteiger partial charge in [-0.25, -0.2) is 0 Å². The molecule has 0 radical (unpaired) electrons. The smallest absolute Gasteiger partial charge is 0.146 e. The number of benzene rings is 1. The van der Waals surface area contributed by atoms with Crippen LogP contribution in [-0.2, 0) is 0 Å². The van der Waals surface area contributed by atoms with Gasteiger partial charge in [0.2, 0.25) is 0 Å². The predicted octanol–water partition coefficient (Wildman–Crippen LogP) is 2.56. The largest absolute Gasteiger partial charge is 0.497 e. The third-order valence-corrected chi connectivity index (χ3v) is 3.38. The standard InChI is InChI=1S/C14H20N2O2/c1-8(7-15)13-9(2)16-14-11(13)5-10(17-3)6-12(14)18-4/h5-6,8,16H,7,15H2,1-4H3. The van der Waals surface area contributed by atoms with Crippen LogP contribution in [-0.4, -0.2) is 25.7 Å². The van der Waals surface area contributed by atoms with Crippen molar-refractivity contribution in [1.29, 1.82) is 0 Å². The lowest BCUT2D eigenvalue weighted by atomic mass is 9.98. The number of nitrogens with two attached hydrogens (primary N) is 1. The molecule has 2 aromatic rings. The first-order chi connectivity index (χ1) is 8.62. The van der Waals surface area contributed by atoms with Crippen molar-refractivity contribution in [3.05, 3.63) is 23.4 Å². The lowest BCUT2D eigenvalue weighted by molar-refractivity contribution is 0.397. The highest BCUT2D eigenvalue weighted by molar-refractivity contribution is 5.91. The number of aromatic nitrogens is 1. The Bertz CT molecular complexity index is 560. The Hall–Kier alpha value is -1.68. The van der Waals surface area contributed by atoms with Crippen LogP contribution < -0.4 is 15.2 Å². The lowest BCUT2D eigenvalue weighted by Crippen LogP contribution is -2.09. The van der Waals surface area contributed by atoms with E-state index < -0.39 is 0 Å². The van der Waals surface area contributed by atoms with Crippen molar-refractivity contribution < 1.29 is 9.47 Å². The van der Waals surface area contributed by atoms with Gasteiger partial charge in [0.25, 0.3) is 0 Å². The van der Waals surface area contributed by atoms with E-state index in [0.717, 1.165) is 28.1 Å². The third-order valence-electron chi connectivity index (χ3n) is 3.38. The van der Waals surface area contributed by atoms with Gasteiger partial charge < -0.3 is 20.2 Å². The van der Waals surface area contributed by atoms with E-state index in [4.69, 9.17) is 15.2 Å². The van der Waals surface area contributed by atoms with Gasteiger partial charge in [0.1, 0.15) is 11.5 Å². The van der Waals surface area contributed by atoms with Crippen molar-refractivity contribution in [2.24, 2.45) is 5.73 Å². The molecule has 0 spiro atoms. The Morgan fingerprint density at radius 1 is 1.28 bits per heavy atom. The van der Waals surface area contributed by atoms with Crippen LogP contribution in [0.25, 0.3) is 10.9 Å². The molecule has 1 atom stereocenters. The molecule has 0 amide bonds. The number of hydrogen-bond donors (Lipinski definition) is 2. The molecule has 0 aliphatic rings. The van der Waals surface area contributed by atoms with Gasteiger partial charge in [-0.05, 0) is 31.0 Å². The van der Waals surface area contributed by atoms with Crippen LogP contribution in [0, 0.1) is 6.92 Å². The van der Waals surface area contributed by atoms with E-state index >= 15 is 0 Å². The van der Waals surface area contributed by atoms with Crippen LogP contribution in [0.2, 0.25) is 0 Å². The van der Waals surface area contributed by atoms with Gasteiger partial charge in [0.15, 0.2) is 0 Å². The van der Waals surface area contributed by atoms with Gasteiger partial charge in [0, 0.05) is 17.1 Å². The SMILES string of the molecule is COc1cc(OC)c2[nH]c(C)c(C(C)CN)c2c1. The molecule has 0 saturated carbocycles. The quantitative estimate of drug-likeness (QED) is 0.874. The molecule has 1 heterocycles. The Morgan fingerprint density at radius 2 is 2.00 bits per heavy atom. The van der Waals surface area contributed by atoms with E-state index in [1.165, 1.54) is 5.56 Å². The molecule has 1 unspecified atom stereocenters. The van der Waals surface area contributed by atoms with Crippen molar-refractivity contribution in [3.63, 3.8) is 0 Å². The first-order valence-corrected chi connectivity index (χ1v) is 6.06. The molecule has 98 valence electrons. The molecule has 1 aromatic carbocycles. The molecule has 0 fully saturated rings. The molecule has 0 aliphatic heterocycles. The van der Waals surface area contributed by atoms with Crippen LogP contribution in [0.5, 0.6) is 11.5 Å². The van der Waals surface area contributed by atoms with Gasteiger partial charge >= 0.3 is 0 Å². The van der Waals surface area contributed by atoms with Crippen LogP contribution in [0.3, 0.4) is 0 Å². The zero-order valence-electron chi connectivity index (χ0n) is 11.3. The van der Waals surface area contributed by atoms with Crippen molar-refractivity contribution in [3.8, 4) is 11.5 Å². The maximum Gasteiger partial charge on any atom is 0.146 e. The molecule has 2 rings (SSSR count). The molecule has 4 heteroatoms. The van der Waals surface area contributed by atoms with Gasteiger partial charge in [-0.15, -0.1) is 0 Å². The summed E-state index contributed by atoms with van der Waals surface area (Å²) in [5.74, 6) is 1.89. The average molecular weight is 248 g/mol. The highest BCUT2D eigenvalue weighted by atomic mass is 16.5. The summed E-state index contributed by atoms with van der Waals surface area (Å²) in [5.41, 5.74) is 9.17. The minimum absolute atomic E-state index is 0.301. The minimum Gasteiger partial charge on any atom is -0.497 e. The molecule has 4 nitrogen and oxygen atoms in total. The van der Waals surface area contributed by atoms with Gasteiger partial charge in [0.05, 0.1) is 19.7 Å².